The summed E-state index contributed by atoms with van der Waals surface area (Å²) < 4.78 is 34.4. The van der Waals surface area contributed by atoms with E-state index >= 15 is 0 Å². The molecule has 0 aromatic heterocycles. The van der Waals surface area contributed by atoms with Crippen LogP contribution in [0.1, 0.15) is 341 Å². The van der Waals surface area contributed by atoms with E-state index in [2.05, 4.69) is 55.6 Å². The molecular weight excluding hydrogens is 1300 g/mol. The minimum Gasteiger partial charge on any atom is -0.394 e. The number of aliphatic hydroxyl groups excluding tert-OH is 11. The van der Waals surface area contributed by atoms with Crippen LogP contribution in [0, 0.1) is 0 Å². The fraction of sp³-hybridized carbons (Fsp3) is 0.892. The van der Waals surface area contributed by atoms with Crippen LogP contribution >= 0.6 is 0 Å². The van der Waals surface area contributed by atoms with E-state index in [4.69, 9.17) is 28.4 Å². The van der Waals surface area contributed by atoms with Gasteiger partial charge in [0.25, 0.3) is 0 Å². The van der Waals surface area contributed by atoms with Gasteiger partial charge < -0.3 is 89.9 Å². The van der Waals surface area contributed by atoms with Crippen LogP contribution in [0.3, 0.4) is 0 Å². The van der Waals surface area contributed by atoms with Gasteiger partial charge in [-0.05, 0) is 64.2 Å². The van der Waals surface area contributed by atoms with E-state index < -0.39 is 124 Å². The summed E-state index contributed by atoms with van der Waals surface area (Å²) in [4.78, 5) is 13.5. The van der Waals surface area contributed by atoms with Crippen LogP contribution < -0.4 is 5.32 Å². The number of hydrogen-bond donors (Lipinski definition) is 12. The lowest BCUT2D eigenvalue weighted by molar-refractivity contribution is -0.379. The number of carbonyl (C=O) groups excluding carboxylic acids is 1. The van der Waals surface area contributed by atoms with E-state index in [-0.39, 0.29) is 18.9 Å². The Bertz CT molecular complexity index is 2030. The Morgan fingerprint density at radius 2 is 0.657 bits per heavy atom. The van der Waals surface area contributed by atoms with E-state index in [0.717, 1.165) is 44.9 Å². The SMILES string of the molecule is CCCCCCC/C=C\C/C=C\CCCCCCCCCCCCCCCCCCCCCCCCCCCCCC(=O)NC(COC1OC(CO)C(OC2OC(CO)C(OC3OC(CO)C(O)C(O)C3O)C(O)C2O)C(O)C1O)C(O)/C=C/CC/C=C/CCCCCCCCCCCCCC. The average molecular weight is 1450 g/mol. The van der Waals surface area contributed by atoms with Crippen molar-refractivity contribution in [2.24, 2.45) is 0 Å². The molecule has 3 aliphatic heterocycles. The zero-order valence-electron chi connectivity index (χ0n) is 64.1. The molecule has 0 saturated carbocycles. The van der Waals surface area contributed by atoms with Gasteiger partial charge in [-0.2, -0.15) is 0 Å². The van der Waals surface area contributed by atoms with Gasteiger partial charge >= 0.3 is 0 Å². The Morgan fingerprint density at radius 3 is 1.04 bits per heavy atom. The summed E-state index contributed by atoms with van der Waals surface area (Å²) in [6, 6.07) is -0.990. The Kier molecular flexibility index (Phi) is 58.6. The van der Waals surface area contributed by atoms with Crippen molar-refractivity contribution in [2.45, 2.75) is 446 Å². The normalized spacial score (nSPS) is 26.4. The molecule has 3 aliphatic rings. The number of carbonyl (C=O) groups is 1. The zero-order valence-corrected chi connectivity index (χ0v) is 64.1. The van der Waals surface area contributed by atoms with E-state index in [1.807, 2.05) is 6.08 Å². The van der Waals surface area contributed by atoms with Gasteiger partial charge in [-0.25, -0.2) is 0 Å². The smallest absolute Gasteiger partial charge is 0.220 e. The predicted octanol–water partition coefficient (Wildman–Crippen LogP) is 14.5. The number of nitrogens with one attached hydrogen (secondary N) is 1. The largest absolute Gasteiger partial charge is 0.394 e. The summed E-state index contributed by atoms with van der Waals surface area (Å²) in [5, 5.41) is 121. The van der Waals surface area contributed by atoms with Gasteiger partial charge in [-0.1, -0.05) is 319 Å². The summed E-state index contributed by atoms with van der Waals surface area (Å²) in [5.41, 5.74) is 0. The first-order valence-corrected chi connectivity index (χ1v) is 41.9. The highest BCUT2D eigenvalue weighted by Gasteiger charge is 2.54. The minimum absolute atomic E-state index is 0.239. The second kappa shape index (κ2) is 63.7. The highest BCUT2D eigenvalue weighted by Crippen LogP contribution is 2.33. The number of aliphatic hydroxyl groups is 11. The van der Waals surface area contributed by atoms with Gasteiger partial charge in [0.05, 0.1) is 38.6 Å². The number of rotatable bonds is 67. The number of hydrogen-bond acceptors (Lipinski definition) is 18. The van der Waals surface area contributed by atoms with Crippen molar-refractivity contribution in [1.29, 1.82) is 0 Å². The molecule has 17 atom stereocenters. The molecule has 0 bridgehead atoms. The molecule has 19 nitrogen and oxygen atoms in total. The summed E-state index contributed by atoms with van der Waals surface area (Å²) in [7, 11) is 0. The van der Waals surface area contributed by atoms with Gasteiger partial charge in [-0.3, -0.25) is 4.79 Å². The van der Waals surface area contributed by atoms with Crippen molar-refractivity contribution in [3.05, 3.63) is 48.6 Å². The van der Waals surface area contributed by atoms with Crippen molar-refractivity contribution < 1.29 is 89.4 Å². The molecule has 598 valence electrons. The summed E-state index contributed by atoms with van der Waals surface area (Å²) in [5.74, 6) is -0.279. The van der Waals surface area contributed by atoms with Gasteiger partial charge in [0.15, 0.2) is 18.9 Å². The highest BCUT2D eigenvalue weighted by molar-refractivity contribution is 5.76. The van der Waals surface area contributed by atoms with E-state index in [9.17, 15) is 61.0 Å². The topological polar surface area (TPSA) is 307 Å². The van der Waals surface area contributed by atoms with Crippen LogP contribution in [0.4, 0.5) is 0 Å². The number of allylic oxidation sites excluding steroid dienone is 7. The van der Waals surface area contributed by atoms with Crippen LogP contribution in [-0.4, -0.2) is 193 Å². The second-order valence-electron chi connectivity index (χ2n) is 29.9. The monoisotopic (exact) mass is 1450 g/mol. The van der Waals surface area contributed by atoms with Crippen LogP contribution in [-0.2, 0) is 33.2 Å². The Morgan fingerprint density at radius 1 is 0.353 bits per heavy atom. The third-order valence-corrected chi connectivity index (χ3v) is 20.8. The van der Waals surface area contributed by atoms with Gasteiger partial charge in [0.1, 0.15) is 73.2 Å². The molecule has 0 spiro atoms. The molecule has 19 heteroatoms. The van der Waals surface area contributed by atoms with Crippen LogP contribution in [0.5, 0.6) is 0 Å². The molecule has 0 aliphatic carbocycles. The summed E-state index contributed by atoms with van der Waals surface area (Å²) in [6.45, 7) is 1.74. The standard InChI is InChI=1S/C83H153NO18/c1-3-5-7-9-11-13-15-17-19-21-23-24-25-26-27-28-29-30-31-32-33-34-35-36-37-38-39-40-41-42-43-45-47-49-51-53-55-57-59-61-71(89)84-66(67(88)60-58-56-54-52-50-48-46-44-22-20-18-16-14-12-10-8-6-4-2)65-97-81-77(95)74(92)79(69(63-86)99-81)102-83-78(96)75(93)80(70(64-87)100-83)101-82-76(94)73(91)72(90)68(62-85)98-82/h15,17,21,23,50,52,58,60,66-70,72-83,85-88,90-96H,3-14,16,18-20,22,24-49,51,53-57,59,61-65H2,1-2H3,(H,84,89)/b17-15-,23-21-,52-50+,60-58+. The van der Waals surface area contributed by atoms with Gasteiger partial charge in [0, 0.05) is 6.42 Å². The fourth-order valence-corrected chi connectivity index (χ4v) is 14.1. The van der Waals surface area contributed by atoms with Crippen molar-refractivity contribution in [3.8, 4) is 0 Å². The number of unbranched alkanes of at least 4 members (excludes halogenated alkanes) is 45. The second-order valence-corrected chi connectivity index (χ2v) is 29.9. The predicted molar refractivity (Wildman–Crippen MR) is 406 cm³/mol. The van der Waals surface area contributed by atoms with Crippen molar-refractivity contribution >= 4 is 5.91 Å². The molecule has 1 amide bonds. The molecule has 102 heavy (non-hydrogen) atoms. The first-order chi connectivity index (χ1) is 49.8. The Hall–Kier alpha value is -2.25. The molecule has 17 unspecified atom stereocenters. The lowest BCUT2D eigenvalue weighted by Gasteiger charge is -2.48. The van der Waals surface area contributed by atoms with Gasteiger partial charge in [-0.15, -0.1) is 0 Å². The molecule has 0 aromatic rings. The van der Waals surface area contributed by atoms with Crippen molar-refractivity contribution in [2.75, 3.05) is 26.4 Å². The summed E-state index contributed by atoms with van der Waals surface area (Å²) in [6.07, 6.45) is 54.2. The third kappa shape index (κ3) is 43.1. The molecule has 0 radical (unpaired) electrons. The highest BCUT2D eigenvalue weighted by atomic mass is 16.8. The number of ether oxygens (including phenoxy) is 6. The maximum atomic E-state index is 13.5. The van der Waals surface area contributed by atoms with Crippen molar-refractivity contribution in [1.82, 2.24) is 5.32 Å². The third-order valence-electron chi connectivity index (χ3n) is 20.8. The van der Waals surface area contributed by atoms with Crippen LogP contribution in [0.15, 0.2) is 48.6 Å². The quantitative estimate of drug-likeness (QED) is 0.0199. The van der Waals surface area contributed by atoms with Crippen molar-refractivity contribution in [3.63, 3.8) is 0 Å². The maximum absolute atomic E-state index is 13.5. The lowest BCUT2D eigenvalue weighted by Crippen LogP contribution is -2.66. The first kappa shape index (κ1) is 94.0. The number of amides is 1. The minimum atomic E-state index is -1.98. The lowest BCUT2D eigenvalue weighted by atomic mass is 9.96. The van der Waals surface area contributed by atoms with Crippen LogP contribution in [0.25, 0.3) is 0 Å². The molecule has 3 saturated heterocycles. The molecular formula is C83H153NO18. The van der Waals surface area contributed by atoms with E-state index in [1.165, 1.54) is 263 Å². The maximum Gasteiger partial charge on any atom is 0.220 e. The van der Waals surface area contributed by atoms with E-state index in [0.29, 0.717) is 12.8 Å². The first-order valence-electron chi connectivity index (χ1n) is 41.9. The average Bonchev–Trinajstić information content (AvgIpc) is 0.781. The van der Waals surface area contributed by atoms with E-state index in [1.54, 1.807) is 6.08 Å². The zero-order chi connectivity index (χ0) is 73.9. The molecule has 3 rings (SSSR count). The summed E-state index contributed by atoms with van der Waals surface area (Å²) >= 11 is 0. The Balaban J connectivity index is 1.30. The van der Waals surface area contributed by atoms with Crippen LogP contribution in [0.2, 0.25) is 0 Å². The molecule has 3 heterocycles. The molecule has 12 N–H and O–H groups in total. The molecule has 3 fully saturated rings. The fourth-order valence-electron chi connectivity index (χ4n) is 14.1. The Labute approximate surface area is 618 Å². The molecule has 0 aromatic carbocycles. The van der Waals surface area contributed by atoms with Gasteiger partial charge in [0.2, 0.25) is 5.91 Å².